The Kier molecular flexibility index (Phi) is 9.21. The van der Waals surface area contributed by atoms with Gasteiger partial charge in [0.25, 0.3) is 0 Å². The fourth-order valence-corrected chi connectivity index (χ4v) is 2.15. The van der Waals surface area contributed by atoms with Crippen LogP contribution in [0.1, 0.15) is 20.7 Å². The van der Waals surface area contributed by atoms with Crippen molar-refractivity contribution in [3.63, 3.8) is 0 Å². The number of aromatic carboxylic acids is 2. The van der Waals surface area contributed by atoms with E-state index in [1.54, 1.807) is 36.4 Å². The molecule has 0 fully saturated rings. The van der Waals surface area contributed by atoms with Crippen LogP contribution >= 0.6 is 31.9 Å². The van der Waals surface area contributed by atoms with Gasteiger partial charge in [-0.05, 0) is 12.1 Å². The molecule has 0 aliphatic rings. The zero-order valence-electron chi connectivity index (χ0n) is 10.3. The fourth-order valence-electron chi connectivity index (χ4n) is 1.25. The molecule has 0 saturated carbocycles. The second-order valence-corrected chi connectivity index (χ2v) is 5.24. The summed E-state index contributed by atoms with van der Waals surface area (Å²) in [5.74, 6) is -2.32. The van der Waals surface area contributed by atoms with Crippen LogP contribution in [0.4, 0.5) is 0 Å². The molecular weight excluding hydrogens is 456 g/mol. The van der Waals surface area contributed by atoms with Gasteiger partial charge in [-0.3, -0.25) is 0 Å². The summed E-state index contributed by atoms with van der Waals surface area (Å²) < 4.78 is 1.10. The second-order valence-electron chi connectivity index (χ2n) is 3.53. The quantitative estimate of drug-likeness (QED) is 0.634. The van der Waals surface area contributed by atoms with Crippen molar-refractivity contribution in [3.8, 4) is 0 Å². The van der Waals surface area contributed by atoms with E-state index in [0.717, 1.165) is 0 Å². The number of hydrogen-bond donors (Lipinski definition) is 0. The third-order valence-corrected chi connectivity index (χ3v) is 3.57. The molecule has 2 rings (SSSR count). The molecule has 0 amide bonds. The van der Waals surface area contributed by atoms with E-state index in [4.69, 9.17) is 0 Å². The zero-order chi connectivity index (χ0) is 15.1. The number of benzene rings is 2. The van der Waals surface area contributed by atoms with Crippen LogP contribution in [0.2, 0.25) is 0 Å². The summed E-state index contributed by atoms with van der Waals surface area (Å²) in [5, 5.41) is 20.6. The molecule has 0 aromatic heterocycles. The zero-order valence-corrected chi connectivity index (χ0v) is 14.4. The molecule has 0 N–H and O–H groups in total. The fraction of sp³-hybridized carbons (Fsp3) is 0. The Morgan fingerprint density at radius 3 is 1.19 bits per heavy atom. The summed E-state index contributed by atoms with van der Waals surface area (Å²) in [4.78, 5) is 20.6. The average Bonchev–Trinajstić information content (AvgIpc) is 2.40. The first kappa shape index (κ1) is 19.9. The molecule has 0 atom stereocenters. The van der Waals surface area contributed by atoms with E-state index in [1.165, 1.54) is 12.1 Å². The van der Waals surface area contributed by atoms with Gasteiger partial charge in [-0.15, -0.1) is 0 Å². The molecule has 113 valence electrons. The standard InChI is InChI=1S/2C7H5BrO2.Cu/c2*8-6-4-2-1-3-5(6)7(9)10;/h2*1-4H,(H,9,10);/q;;+2/p-2. The summed E-state index contributed by atoms with van der Waals surface area (Å²) in [7, 11) is 0. The number of hydrogen-bond acceptors (Lipinski definition) is 4. The number of rotatable bonds is 2. The Hall–Kier alpha value is -1.14. The Bertz CT molecular complexity index is 576. The van der Waals surface area contributed by atoms with Crippen LogP contribution in [-0.4, -0.2) is 11.9 Å². The maximum absolute atomic E-state index is 10.3. The average molecular weight is 464 g/mol. The van der Waals surface area contributed by atoms with Crippen molar-refractivity contribution in [2.24, 2.45) is 0 Å². The summed E-state index contributed by atoms with van der Waals surface area (Å²) >= 11 is 6.15. The maximum Gasteiger partial charge on any atom is 2.00 e. The van der Waals surface area contributed by atoms with E-state index in [2.05, 4.69) is 31.9 Å². The van der Waals surface area contributed by atoms with Crippen LogP contribution in [0, 0.1) is 0 Å². The van der Waals surface area contributed by atoms with Gasteiger partial charge in [0.15, 0.2) is 0 Å². The minimum Gasteiger partial charge on any atom is -0.545 e. The van der Waals surface area contributed by atoms with Gasteiger partial charge in [-0.2, -0.15) is 0 Å². The van der Waals surface area contributed by atoms with E-state index in [1.807, 2.05) is 0 Å². The molecule has 0 saturated heterocycles. The van der Waals surface area contributed by atoms with Gasteiger partial charge in [0, 0.05) is 20.1 Å². The molecule has 0 aliphatic carbocycles. The Morgan fingerprint density at radius 2 is 1.00 bits per heavy atom. The van der Waals surface area contributed by atoms with Gasteiger partial charge in [-0.25, -0.2) is 0 Å². The topological polar surface area (TPSA) is 80.3 Å². The van der Waals surface area contributed by atoms with Crippen LogP contribution in [-0.2, 0) is 17.1 Å². The maximum atomic E-state index is 10.3. The third kappa shape index (κ3) is 6.44. The molecular formula is C14H8Br2CuO4. The van der Waals surface area contributed by atoms with Crippen molar-refractivity contribution >= 4 is 43.8 Å². The van der Waals surface area contributed by atoms with E-state index in [0.29, 0.717) is 8.95 Å². The van der Waals surface area contributed by atoms with Crippen molar-refractivity contribution in [2.75, 3.05) is 0 Å². The molecule has 0 bridgehead atoms. The molecule has 0 heterocycles. The van der Waals surface area contributed by atoms with Gasteiger partial charge in [0.2, 0.25) is 0 Å². The van der Waals surface area contributed by atoms with Crippen LogP contribution in [0.25, 0.3) is 0 Å². The number of carbonyl (C=O) groups excluding carboxylic acids is 2. The molecule has 21 heavy (non-hydrogen) atoms. The molecule has 2 aromatic rings. The van der Waals surface area contributed by atoms with E-state index in [-0.39, 0.29) is 28.2 Å². The van der Waals surface area contributed by atoms with Crippen LogP contribution in [0.5, 0.6) is 0 Å². The Morgan fingerprint density at radius 1 is 0.714 bits per heavy atom. The molecule has 0 spiro atoms. The third-order valence-electron chi connectivity index (χ3n) is 2.19. The predicted molar refractivity (Wildman–Crippen MR) is 76.9 cm³/mol. The van der Waals surface area contributed by atoms with Crippen LogP contribution < -0.4 is 10.2 Å². The largest absolute Gasteiger partial charge is 2.00 e. The van der Waals surface area contributed by atoms with Crippen LogP contribution in [0.3, 0.4) is 0 Å². The molecule has 4 nitrogen and oxygen atoms in total. The van der Waals surface area contributed by atoms with Crippen molar-refractivity contribution in [1.29, 1.82) is 0 Å². The first-order valence-corrected chi connectivity index (χ1v) is 6.94. The first-order chi connectivity index (χ1) is 9.43. The molecule has 2 aromatic carbocycles. The van der Waals surface area contributed by atoms with E-state index in [9.17, 15) is 19.8 Å². The van der Waals surface area contributed by atoms with E-state index < -0.39 is 11.9 Å². The van der Waals surface area contributed by atoms with Crippen molar-refractivity contribution < 1.29 is 36.9 Å². The monoisotopic (exact) mass is 461 g/mol. The predicted octanol–water partition coefficient (Wildman–Crippen LogP) is 1.62. The van der Waals surface area contributed by atoms with E-state index >= 15 is 0 Å². The normalized spacial score (nSPS) is 8.86. The molecule has 0 aliphatic heterocycles. The van der Waals surface area contributed by atoms with Gasteiger partial charge in [-0.1, -0.05) is 68.3 Å². The summed E-state index contributed by atoms with van der Waals surface area (Å²) in [6.45, 7) is 0. The van der Waals surface area contributed by atoms with Crippen LogP contribution in [0.15, 0.2) is 57.5 Å². The minimum absolute atomic E-state index is 0. The van der Waals surface area contributed by atoms with Gasteiger partial charge < -0.3 is 19.8 Å². The smallest absolute Gasteiger partial charge is 0.545 e. The molecule has 1 radical (unpaired) electrons. The molecule has 7 heteroatoms. The summed E-state index contributed by atoms with van der Waals surface area (Å²) in [6.07, 6.45) is 0. The summed E-state index contributed by atoms with van der Waals surface area (Å²) in [5.41, 5.74) is 0.366. The Balaban J connectivity index is 0.000000364. The van der Waals surface area contributed by atoms with Crippen molar-refractivity contribution in [1.82, 2.24) is 0 Å². The van der Waals surface area contributed by atoms with Gasteiger partial charge >= 0.3 is 17.1 Å². The van der Waals surface area contributed by atoms with Gasteiger partial charge in [0.1, 0.15) is 0 Å². The van der Waals surface area contributed by atoms with Crippen molar-refractivity contribution in [2.45, 2.75) is 0 Å². The number of halogens is 2. The van der Waals surface area contributed by atoms with Crippen molar-refractivity contribution in [3.05, 3.63) is 68.6 Å². The SMILES string of the molecule is O=C([O-])c1ccccc1Br.O=C([O-])c1ccccc1Br.[Cu+2]. The minimum atomic E-state index is -1.16. The first-order valence-electron chi connectivity index (χ1n) is 5.35. The summed E-state index contributed by atoms with van der Waals surface area (Å²) in [6, 6.07) is 13.1. The molecule has 0 unspecified atom stereocenters. The second kappa shape index (κ2) is 9.73. The number of carboxylic acids is 2. The number of carbonyl (C=O) groups is 2. The van der Waals surface area contributed by atoms with Gasteiger partial charge in [0.05, 0.1) is 11.9 Å². The Labute approximate surface area is 148 Å². The number of carboxylic acid groups (broad SMARTS) is 2.